The Morgan fingerprint density at radius 1 is 1.60 bits per heavy atom. The zero-order valence-corrected chi connectivity index (χ0v) is 10.6. The Labute approximate surface area is 101 Å². The number of benzene rings is 1. The Balaban J connectivity index is 2.63. The highest BCUT2D eigenvalue weighted by Crippen LogP contribution is 2.17. The summed E-state index contributed by atoms with van der Waals surface area (Å²) in [6, 6.07) is 4.75. The zero-order valence-electron chi connectivity index (χ0n) is 8.17. The van der Waals surface area contributed by atoms with Crippen molar-refractivity contribution >= 4 is 38.9 Å². The van der Waals surface area contributed by atoms with E-state index in [1.807, 2.05) is 0 Å². The molecule has 0 aliphatic carbocycles. The number of hydrogen-bond acceptors (Lipinski definition) is 2. The van der Waals surface area contributed by atoms with Crippen molar-refractivity contribution in [3.63, 3.8) is 0 Å². The number of halogens is 2. The van der Waals surface area contributed by atoms with E-state index in [0.29, 0.717) is 11.3 Å². The van der Waals surface area contributed by atoms with Gasteiger partial charge in [-0.25, -0.2) is 4.39 Å². The van der Waals surface area contributed by atoms with Crippen LogP contribution in [0.15, 0.2) is 28.7 Å². The van der Waals surface area contributed by atoms with Gasteiger partial charge in [0.25, 0.3) is 0 Å². The minimum atomic E-state index is -0.262. The molecule has 0 bridgehead atoms. The highest BCUT2D eigenvalue weighted by molar-refractivity contribution is 9.10. The fourth-order valence-electron chi connectivity index (χ4n) is 0.983. The molecule has 0 spiro atoms. The maximum absolute atomic E-state index is 13.2. The van der Waals surface area contributed by atoms with Crippen molar-refractivity contribution in [1.82, 2.24) is 0 Å². The van der Waals surface area contributed by atoms with E-state index in [4.69, 9.17) is 0 Å². The number of thioether (sulfide) groups is 1. The second-order valence-corrected chi connectivity index (χ2v) is 4.98. The lowest BCUT2D eigenvalue weighted by Gasteiger charge is -1.97. The van der Waals surface area contributed by atoms with Gasteiger partial charge < -0.3 is 0 Å². The fraction of sp³-hybridized carbons (Fsp3) is 0.182. The van der Waals surface area contributed by atoms with Gasteiger partial charge in [0.1, 0.15) is 5.82 Å². The van der Waals surface area contributed by atoms with Crippen LogP contribution in [-0.2, 0) is 4.79 Å². The summed E-state index contributed by atoms with van der Waals surface area (Å²) in [5.74, 6) is 0.309. The van der Waals surface area contributed by atoms with Crippen LogP contribution in [0.4, 0.5) is 4.39 Å². The van der Waals surface area contributed by atoms with E-state index < -0.39 is 0 Å². The molecule has 1 aromatic carbocycles. The van der Waals surface area contributed by atoms with Gasteiger partial charge in [0, 0.05) is 22.7 Å². The van der Waals surface area contributed by atoms with Crippen molar-refractivity contribution < 1.29 is 9.18 Å². The van der Waals surface area contributed by atoms with Gasteiger partial charge in [-0.2, -0.15) is 0 Å². The summed E-state index contributed by atoms with van der Waals surface area (Å²) >= 11 is 4.47. The van der Waals surface area contributed by atoms with Crippen molar-refractivity contribution in [3.05, 3.63) is 40.1 Å². The molecule has 0 heterocycles. The summed E-state index contributed by atoms with van der Waals surface area (Å²) in [6.07, 6.45) is 3.45. The molecule has 0 aliphatic rings. The quantitative estimate of drug-likeness (QED) is 0.840. The lowest BCUT2D eigenvalue weighted by molar-refractivity contribution is -0.109. The normalized spacial score (nSPS) is 10.9. The topological polar surface area (TPSA) is 17.1 Å². The highest BCUT2D eigenvalue weighted by atomic mass is 79.9. The van der Waals surface area contributed by atoms with Crippen LogP contribution in [0, 0.1) is 5.82 Å². The lowest BCUT2D eigenvalue weighted by atomic mass is 10.2. The zero-order chi connectivity index (χ0) is 11.3. The number of carbonyl (C=O) groups excluding carboxylic acids is 1. The maximum atomic E-state index is 13.2. The van der Waals surface area contributed by atoms with E-state index in [2.05, 4.69) is 15.9 Å². The Morgan fingerprint density at radius 3 is 3.00 bits per heavy atom. The summed E-state index contributed by atoms with van der Waals surface area (Å²) in [6.45, 7) is 1.51. The molecule has 0 N–H and O–H groups in total. The Morgan fingerprint density at radius 2 is 2.33 bits per heavy atom. The smallest absolute Gasteiger partial charge is 0.186 e. The average molecular weight is 289 g/mol. The van der Waals surface area contributed by atoms with Crippen molar-refractivity contribution in [2.45, 2.75) is 6.92 Å². The van der Waals surface area contributed by atoms with Crippen LogP contribution in [0.25, 0.3) is 6.08 Å². The third-order valence-electron chi connectivity index (χ3n) is 1.64. The summed E-state index contributed by atoms with van der Waals surface area (Å²) in [4.78, 5) is 10.6. The Kier molecular flexibility index (Phi) is 5.05. The summed E-state index contributed by atoms with van der Waals surface area (Å²) in [5, 5.41) is 0.0642. The van der Waals surface area contributed by atoms with E-state index in [9.17, 15) is 9.18 Å². The summed E-state index contributed by atoms with van der Waals surface area (Å²) in [7, 11) is 0. The molecule has 0 saturated heterocycles. The van der Waals surface area contributed by atoms with Crippen LogP contribution in [-0.4, -0.2) is 10.9 Å². The molecule has 0 aromatic heterocycles. The SMILES string of the molecule is CC(=O)SCC=Cc1cc(Br)ccc1F. The largest absolute Gasteiger partial charge is 0.288 e. The predicted octanol–water partition coefficient (Wildman–Crippen LogP) is 3.88. The third-order valence-corrected chi connectivity index (χ3v) is 2.90. The van der Waals surface area contributed by atoms with Crippen LogP contribution in [0.2, 0.25) is 0 Å². The molecular weight excluding hydrogens is 279 g/mol. The highest BCUT2D eigenvalue weighted by Gasteiger charge is 1.98. The van der Waals surface area contributed by atoms with Crippen molar-refractivity contribution in [3.8, 4) is 0 Å². The van der Waals surface area contributed by atoms with E-state index in [-0.39, 0.29) is 10.9 Å². The first-order valence-electron chi connectivity index (χ1n) is 4.34. The van der Waals surface area contributed by atoms with Gasteiger partial charge in [0.15, 0.2) is 5.12 Å². The van der Waals surface area contributed by atoms with Crippen LogP contribution < -0.4 is 0 Å². The molecule has 15 heavy (non-hydrogen) atoms. The molecule has 80 valence electrons. The first kappa shape index (κ1) is 12.5. The van der Waals surface area contributed by atoms with Gasteiger partial charge in [0.05, 0.1) is 0 Å². The third kappa shape index (κ3) is 4.62. The number of rotatable bonds is 3. The monoisotopic (exact) mass is 288 g/mol. The number of hydrogen-bond donors (Lipinski definition) is 0. The minimum absolute atomic E-state index is 0.0642. The van der Waals surface area contributed by atoms with Gasteiger partial charge in [-0.15, -0.1) is 0 Å². The molecule has 0 aliphatic heterocycles. The van der Waals surface area contributed by atoms with Gasteiger partial charge in [0.2, 0.25) is 0 Å². The molecule has 1 aromatic rings. The van der Waals surface area contributed by atoms with Gasteiger partial charge in [-0.1, -0.05) is 39.8 Å². The minimum Gasteiger partial charge on any atom is -0.288 e. The first-order valence-corrected chi connectivity index (χ1v) is 6.12. The van der Waals surface area contributed by atoms with Crippen LogP contribution in [0.1, 0.15) is 12.5 Å². The van der Waals surface area contributed by atoms with E-state index in [0.717, 1.165) is 4.47 Å². The van der Waals surface area contributed by atoms with Crippen molar-refractivity contribution in [1.29, 1.82) is 0 Å². The Hall–Kier alpha value is -0.610. The van der Waals surface area contributed by atoms with Crippen molar-refractivity contribution in [2.24, 2.45) is 0 Å². The molecule has 0 unspecified atom stereocenters. The van der Waals surface area contributed by atoms with Crippen LogP contribution >= 0.6 is 27.7 Å². The lowest BCUT2D eigenvalue weighted by Crippen LogP contribution is -1.84. The molecule has 1 rings (SSSR count). The first-order chi connectivity index (χ1) is 7.09. The van der Waals surface area contributed by atoms with Gasteiger partial charge in [-0.05, 0) is 18.2 Å². The molecule has 1 nitrogen and oxygen atoms in total. The fourth-order valence-corrected chi connectivity index (χ4v) is 1.79. The average Bonchev–Trinajstić information content (AvgIpc) is 2.17. The van der Waals surface area contributed by atoms with Gasteiger partial charge >= 0.3 is 0 Å². The predicted molar refractivity (Wildman–Crippen MR) is 66.3 cm³/mol. The molecule has 4 heteroatoms. The summed E-state index contributed by atoms with van der Waals surface area (Å²) in [5.41, 5.74) is 0.522. The maximum Gasteiger partial charge on any atom is 0.186 e. The molecule has 0 atom stereocenters. The van der Waals surface area contributed by atoms with Crippen LogP contribution in [0.5, 0.6) is 0 Å². The van der Waals surface area contributed by atoms with E-state index in [1.165, 1.54) is 24.8 Å². The van der Waals surface area contributed by atoms with E-state index in [1.54, 1.807) is 24.3 Å². The molecule has 0 amide bonds. The standard InChI is InChI=1S/C11H10BrFOS/c1-8(14)15-6-2-3-9-7-10(12)4-5-11(9)13/h2-5,7H,6H2,1H3. The van der Waals surface area contributed by atoms with Crippen molar-refractivity contribution in [2.75, 3.05) is 5.75 Å². The molecular formula is C11H10BrFOS. The van der Waals surface area contributed by atoms with Gasteiger partial charge in [-0.3, -0.25) is 4.79 Å². The Bertz CT molecular complexity index is 390. The molecule has 0 fully saturated rings. The summed E-state index contributed by atoms with van der Waals surface area (Å²) < 4.78 is 14.0. The van der Waals surface area contributed by atoms with Crippen LogP contribution in [0.3, 0.4) is 0 Å². The number of carbonyl (C=O) groups is 1. The molecule has 0 saturated carbocycles. The second-order valence-electron chi connectivity index (χ2n) is 2.87. The molecule has 0 radical (unpaired) electrons. The second kappa shape index (κ2) is 6.08. The van der Waals surface area contributed by atoms with E-state index >= 15 is 0 Å².